The van der Waals surface area contributed by atoms with Gasteiger partial charge in [-0.05, 0) is 18.8 Å². The van der Waals surface area contributed by atoms with Crippen molar-refractivity contribution >= 4 is 28.7 Å². The smallest absolute Gasteiger partial charge is 0.157 e. The monoisotopic (exact) mass is 313 g/mol. The van der Waals surface area contributed by atoms with Gasteiger partial charge < -0.3 is 5.32 Å². The average Bonchev–Trinajstić information content (AvgIpc) is 2.82. The summed E-state index contributed by atoms with van der Waals surface area (Å²) in [4.78, 5) is 7.37. The van der Waals surface area contributed by atoms with Gasteiger partial charge in [0, 0.05) is 42.4 Å². The minimum absolute atomic E-state index is 0.378. The third-order valence-corrected chi connectivity index (χ3v) is 6.87. The molecule has 1 spiro atoms. The van der Waals surface area contributed by atoms with E-state index in [0.29, 0.717) is 5.54 Å². The molecule has 1 aliphatic carbocycles. The first kappa shape index (κ1) is 15.0. The number of amidine groups is 1. The summed E-state index contributed by atoms with van der Waals surface area (Å²) in [6.07, 6.45) is 5.47. The molecule has 3 aliphatic rings. The quantitative estimate of drug-likeness (QED) is 0.867. The second-order valence-electron chi connectivity index (χ2n) is 6.54. The zero-order valence-corrected chi connectivity index (χ0v) is 14.2. The fourth-order valence-electron chi connectivity index (χ4n) is 3.61. The highest BCUT2D eigenvalue weighted by atomic mass is 32.2. The highest BCUT2D eigenvalue weighted by Crippen LogP contribution is 2.38. The molecule has 114 valence electrons. The van der Waals surface area contributed by atoms with Gasteiger partial charge in [-0.25, -0.2) is 0 Å². The van der Waals surface area contributed by atoms with Gasteiger partial charge in [-0.15, -0.1) is 0 Å². The van der Waals surface area contributed by atoms with Crippen LogP contribution < -0.4 is 5.32 Å². The second kappa shape index (κ2) is 6.93. The van der Waals surface area contributed by atoms with Gasteiger partial charge in [-0.3, -0.25) is 9.89 Å². The van der Waals surface area contributed by atoms with Gasteiger partial charge in [0.1, 0.15) is 0 Å². The first-order chi connectivity index (χ1) is 9.76. The highest BCUT2D eigenvalue weighted by molar-refractivity contribution is 8.14. The Balaban J connectivity index is 1.45. The van der Waals surface area contributed by atoms with Gasteiger partial charge in [0.05, 0.1) is 6.54 Å². The number of hydrogen-bond acceptors (Lipinski definition) is 4. The Labute approximate surface area is 131 Å². The molecule has 3 nitrogen and oxygen atoms in total. The third kappa shape index (κ3) is 3.86. The van der Waals surface area contributed by atoms with Crippen LogP contribution in [0.2, 0.25) is 0 Å². The van der Waals surface area contributed by atoms with E-state index in [1.165, 1.54) is 61.2 Å². The van der Waals surface area contributed by atoms with Crippen LogP contribution in [0, 0.1) is 5.92 Å². The lowest BCUT2D eigenvalue weighted by molar-refractivity contribution is 0.242. The molecule has 3 fully saturated rings. The summed E-state index contributed by atoms with van der Waals surface area (Å²) in [6, 6.07) is 0. The average molecular weight is 314 g/mol. The second-order valence-corrected chi connectivity index (χ2v) is 8.73. The highest BCUT2D eigenvalue weighted by Gasteiger charge is 2.40. The molecule has 20 heavy (non-hydrogen) atoms. The van der Waals surface area contributed by atoms with Crippen molar-refractivity contribution in [3.8, 4) is 0 Å². The van der Waals surface area contributed by atoms with Gasteiger partial charge in [0.25, 0.3) is 0 Å². The molecule has 2 aliphatic heterocycles. The van der Waals surface area contributed by atoms with E-state index in [0.717, 1.165) is 19.0 Å². The molecule has 3 rings (SSSR count). The first-order valence-electron chi connectivity index (χ1n) is 8.01. The predicted octanol–water partition coefficient (Wildman–Crippen LogP) is 2.68. The summed E-state index contributed by atoms with van der Waals surface area (Å²) in [5.74, 6) is 4.70. The summed E-state index contributed by atoms with van der Waals surface area (Å²) in [5, 5.41) is 4.98. The molecule has 0 aromatic heterocycles. The van der Waals surface area contributed by atoms with E-state index >= 15 is 0 Å². The van der Waals surface area contributed by atoms with Crippen LogP contribution in [0.5, 0.6) is 0 Å². The van der Waals surface area contributed by atoms with Crippen molar-refractivity contribution in [1.29, 1.82) is 0 Å². The van der Waals surface area contributed by atoms with Crippen molar-refractivity contribution < 1.29 is 0 Å². The van der Waals surface area contributed by atoms with Gasteiger partial charge in [0.15, 0.2) is 5.17 Å². The topological polar surface area (TPSA) is 27.6 Å². The zero-order valence-electron chi connectivity index (χ0n) is 12.6. The summed E-state index contributed by atoms with van der Waals surface area (Å²) in [7, 11) is 0. The maximum atomic E-state index is 4.81. The number of hydrogen-bond donors (Lipinski definition) is 1. The SMILES string of the molecule is CC1CCCC2(CSC(=NCCN3CCSCC3)N2)C1. The molecule has 2 atom stereocenters. The number of nitrogens with one attached hydrogen (secondary N) is 1. The molecule has 1 saturated carbocycles. The van der Waals surface area contributed by atoms with E-state index in [4.69, 9.17) is 4.99 Å². The molecular formula is C15H27N3S2. The lowest BCUT2D eigenvalue weighted by atomic mass is 9.78. The van der Waals surface area contributed by atoms with E-state index in [2.05, 4.69) is 28.9 Å². The van der Waals surface area contributed by atoms with E-state index in [1.54, 1.807) is 0 Å². The number of nitrogens with zero attached hydrogens (tertiary/aromatic N) is 2. The van der Waals surface area contributed by atoms with Crippen LogP contribution in [0.4, 0.5) is 0 Å². The fourth-order valence-corrected chi connectivity index (χ4v) is 5.81. The number of thioether (sulfide) groups is 2. The molecule has 2 unspecified atom stereocenters. The normalized spacial score (nSPS) is 37.5. The first-order valence-corrected chi connectivity index (χ1v) is 10.2. The fraction of sp³-hybridized carbons (Fsp3) is 0.933. The third-order valence-electron chi connectivity index (χ3n) is 4.72. The maximum Gasteiger partial charge on any atom is 0.157 e. The van der Waals surface area contributed by atoms with Crippen molar-refractivity contribution in [2.24, 2.45) is 10.9 Å². The standard InChI is InChI=1S/C15H27N3S2/c1-13-3-2-4-15(11-13)12-20-14(17-15)16-5-6-18-7-9-19-10-8-18/h13H,2-12H2,1H3,(H,16,17). The summed E-state index contributed by atoms with van der Waals surface area (Å²) in [6.45, 7) is 6.99. The maximum absolute atomic E-state index is 4.81. The van der Waals surface area contributed by atoms with Gasteiger partial charge in [0.2, 0.25) is 0 Å². The van der Waals surface area contributed by atoms with Crippen molar-refractivity contribution in [3.63, 3.8) is 0 Å². The van der Waals surface area contributed by atoms with Crippen LogP contribution in [-0.4, -0.2) is 59.0 Å². The van der Waals surface area contributed by atoms with Gasteiger partial charge >= 0.3 is 0 Å². The van der Waals surface area contributed by atoms with E-state index < -0.39 is 0 Å². The molecule has 0 radical (unpaired) electrons. The Kier molecular flexibility index (Phi) is 5.21. The van der Waals surface area contributed by atoms with Gasteiger partial charge in [-0.2, -0.15) is 11.8 Å². The molecule has 5 heteroatoms. The molecule has 1 N–H and O–H groups in total. The summed E-state index contributed by atoms with van der Waals surface area (Å²) in [5.41, 5.74) is 0.378. The molecular weight excluding hydrogens is 286 g/mol. The Morgan fingerprint density at radius 2 is 2.25 bits per heavy atom. The lowest BCUT2D eigenvalue weighted by Gasteiger charge is -2.36. The Hall–Kier alpha value is 0.130. The molecule has 0 aromatic rings. The van der Waals surface area contributed by atoms with Crippen LogP contribution in [0.3, 0.4) is 0 Å². The lowest BCUT2D eigenvalue weighted by Crippen LogP contribution is -2.47. The summed E-state index contributed by atoms with van der Waals surface area (Å²) < 4.78 is 0. The van der Waals surface area contributed by atoms with E-state index in [9.17, 15) is 0 Å². The number of rotatable bonds is 3. The minimum atomic E-state index is 0.378. The molecule has 0 aromatic carbocycles. The van der Waals surface area contributed by atoms with Crippen LogP contribution in [0.1, 0.15) is 32.6 Å². The molecule has 2 saturated heterocycles. The van der Waals surface area contributed by atoms with Crippen LogP contribution in [-0.2, 0) is 0 Å². The van der Waals surface area contributed by atoms with Crippen molar-refractivity contribution in [2.75, 3.05) is 43.4 Å². The predicted molar refractivity (Wildman–Crippen MR) is 92.0 cm³/mol. The van der Waals surface area contributed by atoms with Gasteiger partial charge in [-0.1, -0.05) is 31.5 Å². The zero-order chi connectivity index (χ0) is 13.8. The van der Waals surface area contributed by atoms with Crippen LogP contribution in [0.25, 0.3) is 0 Å². The van der Waals surface area contributed by atoms with Crippen LogP contribution >= 0.6 is 23.5 Å². The number of aliphatic imine (C=N–C) groups is 1. The van der Waals surface area contributed by atoms with E-state index in [1.807, 2.05) is 11.8 Å². The largest absolute Gasteiger partial charge is 0.359 e. The minimum Gasteiger partial charge on any atom is -0.359 e. The Morgan fingerprint density at radius 1 is 1.40 bits per heavy atom. The summed E-state index contributed by atoms with van der Waals surface area (Å²) >= 11 is 4.03. The van der Waals surface area contributed by atoms with Crippen molar-refractivity contribution in [2.45, 2.75) is 38.1 Å². The Morgan fingerprint density at radius 3 is 3.05 bits per heavy atom. The molecule has 2 heterocycles. The van der Waals surface area contributed by atoms with E-state index in [-0.39, 0.29) is 0 Å². The van der Waals surface area contributed by atoms with Crippen molar-refractivity contribution in [3.05, 3.63) is 0 Å². The van der Waals surface area contributed by atoms with Crippen LogP contribution in [0.15, 0.2) is 4.99 Å². The van der Waals surface area contributed by atoms with Crippen molar-refractivity contribution in [1.82, 2.24) is 10.2 Å². The Bertz CT molecular complexity index is 355. The molecule has 0 amide bonds. The molecule has 0 bridgehead atoms.